The van der Waals surface area contributed by atoms with Crippen LogP contribution in [-0.2, 0) is 0 Å². The van der Waals surface area contributed by atoms with Crippen molar-refractivity contribution in [3.8, 4) is 0 Å². The number of pyridine rings is 1. The van der Waals surface area contributed by atoms with Gasteiger partial charge in [0.1, 0.15) is 12.1 Å². The van der Waals surface area contributed by atoms with E-state index in [1.165, 1.54) is 6.42 Å². The molecule has 1 atom stereocenters. The highest BCUT2D eigenvalue weighted by Crippen LogP contribution is 2.29. The molecule has 0 N–H and O–H groups in total. The number of carbonyl (C=O) groups is 1. The highest BCUT2D eigenvalue weighted by molar-refractivity contribution is 5.77. The maximum atomic E-state index is 10.7. The summed E-state index contributed by atoms with van der Waals surface area (Å²) in [6.45, 7) is 1.13. The number of nitrogens with zero attached hydrogens (tertiary/aromatic N) is 3. The number of likely N-dealkylation sites (tertiary alicyclic amines) is 1. The van der Waals surface area contributed by atoms with Gasteiger partial charge >= 0.3 is 0 Å². The van der Waals surface area contributed by atoms with Gasteiger partial charge < -0.3 is 4.40 Å². The lowest BCUT2D eigenvalue weighted by atomic mass is 10.2. The molecule has 4 heteroatoms. The summed E-state index contributed by atoms with van der Waals surface area (Å²) in [5, 5.41) is 0. The molecule has 2 aromatic heterocycles. The van der Waals surface area contributed by atoms with Crippen molar-refractivity contribution in [3.63, 3.8) is 0 Å². The Labute approximate surface area is 99.9 Å². The Morgan fingerprint density at radius 1 is 1.53 bits per heavy atom. The molecule has 1 fully saturated rings. The Morgan fingerprint density at radius 2 is 2.41 bits per heavy atom. The first kappa shape index (κ1) is 10.5. The Kier molecular flexibility index (Phi) is 2.44. The van der Waals surface area contributed by atoms with Crippen LogP contribution in [0.15, 0.2) is 24.5 Å². The Bertz CT molecular complexity index is 561. The molecule has 0 spiro atoms. The van der Waals surface area contributed by atoms with Gasteiger partial charge in [-0.15, -0.1) is 0 Å². The molecule has 88 valence electrons. The number of rotatable bonds is 2. The van der Waals surface area contributed by atoms with E-state index in [-0.39, 0.29) is 0 Å². The summed E-state index contributed by atoms with van der Waals surface area (Å²) >= 11 is 0. The van der Waals surface area contributed by atoms with E-state index in [0.717, 1.165) is 30.6 Å². The minimum absolute atomic E-state index is 0.402. The molecule has 1 saturated heterocycles. The van der Waals surface area contributed by atoms with Crippen LogP contribution in [0.2, 0.25) is 0 Å². The second-order valence-corrected chi connectivity index (χ2v) is 4.63. The zero-order valence-corrected chi connectivity index (χ0v) is 9.84. The Balaban J connectivity index is 2.08. The molecule has 0 aromatic carbocycles. The summed E-state index contributed by atoms with van der Waals surface area (Å²) in [5.41, 5.74) is 1.69. The molecule has 0 bridgehead atoms. The van der Waals surface area contributed by atoms with E-state index >= 15 is 0 Å². The zero-order valence-electron chi connectivity index (χ0n) is 9.84. The summed E-state index contributed by atoms with van der Waals surface area (Å²) in [6.07, 6.45) is 7.03. The fraction of sp³-hybridized carbons (Fsp3) is 0.385. The Morgan fingerprint density at radius 3 is 3.12 bits per heavy atom. The topological polar surface area (TPSA) is 37.6 Å². The Hall–Kier alpha value is -1.68. The molecule has 3 heterocycles. The number of carbonyl (C=O) groups excluding carboxylic acids is 1. The number of imidazole rings is 1. The van der Waals surface area contributed by atoms with Crippen molar-refractivity contribution in [1.82, 2.24) is 14.3 Å². The summed E-state index contributed by atoms with van der Waals surface area (Å²) in [7, 11) is 2.14. The molecular formula is C13H15N3O. The van der Waals surface area contributed by atoms with Crippen LogP contribution in [0.4, 0.5) is 0 Å². The molecule has 1 aliphatic heterocycles. The normalized spacial score (nSPS) is 21.1. The van der Waals surface area contributed by atoms with Crippen LogP contribution in [0.5, 0.6) is 0 Å². The fourth-order valence-corrected chi connectivity index (χ4v) is 2.59. The third kappa shape index (κ3) is 1.65. The number of hydrogen-bond donors (Lipinski definition) is 0. The van der Waals surface area contributed by atoms with Crippen molar-refractivity contribution >= 4 is 11.8 Å². The third-order valence-electron chi connectivity index (χ3n) is 3.54. The molecule has 1 unspecified atom stereocenters. The molecule has 1 aliphatic rings. The zero-order chi connectivity index (χ0) is 11.8. The molecule has 0 radical (unpaired) electrons. The monoisotopic (exact) mass is 229 g/mol. The van der Waals surface area contributed by atoms with Gasteiger partial charge in [0, 0.05) is 11.8 Å². The van der Waals surface area contributed by atoms with Gasteiger partial charge in [-0.1, -0.05) is 0 Å². The molecule has 4 nitrogen and oxygen atoms in total. The second-order valence-electron chi connectivity index (χ2n) is 4.63. The van der Waals surface area contributed by atoms with E-state index < -0.39 is 0 Å². The van der Waals surface area contributed by atoms with E-state index in [2.05, 4.69) is 21.3 Å². The van der Waals surface area contributed by atoms with Crippen LogP contribution >= 0.6 is 0 Å². The lowest BCUT2D eigenvalue weighted by molar-refractivity contribution is 0.112. The summed E-state index contributed by atoms with van der Waals surface area (Å²) in [6, 6.07) is 4.11. The first-order chi connectivity index (χ1) is 8.29. The SMILES string of the molecule is CN1CCCC1c1ncc2cc(C=O)ccn12. The maximum absolute atomic E-state index is 10.7. The van der Waals surface area contributed by atoms with Crippen LogP contribution in [0.3, 0.4) is 0 Å². The molecule has 0 amide bonds. The van der Waals surface area contributed by atoms with Crippen molar-refractivity contribution in [3.05, 3.63) is 35.9 Å². The van der Waals surface area contributed by atoms with E-state index in [1.807, 2.05) is 24.5 Å². The van der Waals surface area contributed by atoms with Crippen molar-refractivity contribution in [2.75, 3.05) is 13.6 Å². The van der Waals surface area contributed by atoms with Crippen LogP contribution < -0.4 is 0 Å². The van der Waals surface area contributed by atoms with E-state index in [0.29, 0.717) is 11.6 Å². The average Bonchev–Trinajstić information content (AvgIpc) is 2.94. The molecule has 0 aliphatic carbocycles. The quantitative estimate of drug-likeness (QED) is 0.738. The first-order valence-electron chi connectivity index (χ1n) is 5.92. The standard InChI is InChI=1S/C13H15N3O/c1-15-5-2-3-12(15)13-14-8-11-7-10(9-17)4-6-16(11)13/h4,6-9,12H,2-3,5H2,1H3. The van der Waals surface area contributed by atoms with E-state index in [9.17, 15) is 4.79 Å². The predicted molar refractivity (Wildman–Crippen MR) is 65.2 cm³/mol. The number of fused-ring (bicyclic) bond motifs is 1. The van der Waals surface area contributed by atoms with Gasteiger partial charge in [0.25, 0.3) is 0 Å². The molecule has 2 aromatic rings. The minimum Gasteiger partial charge on any atom is -0.302 e. The van der Waals surface area contributed by atoms with Crippen molar-refractivity contribution < 1.29 is 4.79 Å². The summed E-state index contributed by atoms with van der Waals surface area (Å²) < 4.78 is 2.08. The number of hydrogen-bond acceptors (Lipinski definition) is 3. The first-order valence-corrected chi connectivity index (χ1v) is 5.92. The van der Waals surface area contributed by atoms with Gasteiger partial charge in [0.15, 0.2) is 0 Å². The van der Waals surface area contributed by atoms with Gasteiger partial charge in [0.05, 0.1) is 17.8 Å². The van der Waals surface area contributed by atoms with Gasteiger partial charge in [-0.25, -0.2) is 4.98 Å². The lowest BCUT2D eigenvalue weighted by Gasteiger charge is -2.18. The molecule has 3 rings (SSSR count). The maximum Gasteiger partial charge on any atom is 0.150 e. The van der Waals surface area contributed by atoms with E-state index in [4.69, 9.17) is 0 Å². The average molecular weight is 229 g/mol. The number of aromatic nitrogens is 2. The lowest BCUT2D eigenvalue weighted by Crippen LogP contribution is -2.19. The smallest absolute Gasteiger partial charge is 0.150 e. The second kappa shape index (κ2) is 3.96. The van der Waals surface area contributed by atoms with Crippen molar-refractivity contribution in [2.45, 2.75) is 18.9 Å². The highest BCUT2D eigenvalue weighted by atomic mass is 16.1. The van der Waals surface area contributed by atoms with Crippen molar-refractivity contribution in [2.24, 2.45) is 0 Å². The number of aldehydes is 1. The van der Waals surface area contributed by atoms with Gasteiger partial charge in [0.2, 0.25) is 0 Å². The molecular weight excluding hydrogens is 214 g/mol. The van der Waals surface area contributed by atoms with Gasteiger partial charge in [-0.05, 0) is 38.6 Å². The summed E-state index contributed by atoms with van der Waals surface area (Å²) in [4.78, 5) is 17.6. The fourth-order valence-electron chi connectivity index (χ4n) is 2.59. The predicted octanol–water partition coefficient (Wildman–Crippen LogP) is 1.91. The molecule has 17 heavy (non-hydrogen) atoms. The van der Waals surface area contributed by atoms with E-state index in [1.54, 1.807) is 0 Å². The van der Waals surface area contributed by atoms with Gasteiger partial charge in [-0.2, -0.15) is 0 Å². The van der Waals surface area contributed by atoms with Gasteiger partial charge in [-0.3, -0.25) is 9.69 Å². The van der Waals surface area contributed by atoms with Crippen LogP contribution in [0, 0.1) is 0 Å². The van der Waals surface area contributed by atoms with Crippen LogP contribution in [0.1, 0.15) is 35.1 Å². The minimum atomic E-state index is 0.402. The van der Waals surface area contributed by atoms with Crippen LogP contribution in [0.25, 0.3) is 5.52 Å². The van der Waals surface area contributed by atoms with Crippen molar-refractivity contribution in [1.29, 1.82) is 0 Å². The third-order valence-corrected chi connectivity index (χ3v) is 3.54. The molecule has 0 saturated carbocycles. The highest BCUT2D eigenvalue weighted by Gasteiger charge is 2.25. The van der Waals surface area contributed by atoms with Crippen LogP contribution in [-0.4, -0.2) is 34.2 Å². The largest absolute Gasteiger partial charge is 0.302 e. The summed E-state index contributed by atoms with van der Waals surface area (Å²) in [5.74, 6) is 1.08.